The van der Waals surface area contributed by atoms with Gasteiger partial charge in [-0.05, 0) is 12.8 Å². The van der Waals surface area contributed by atoms with Crippen LogP contribution in [-0.4, -0.2) is 17.3 Å². The zero-order valence-corrected chi connectivity index (χ0v) is 4.75. The van der Waals surface area contributed by atoms with Gasteiger partial charge in [-0.3, -0.25) is 0 Å². The normalized spacial score (nSPS) is 37.8. The molecule has 0 radical (unpaired) electrons. The molecule has 0 saturated carbocycles. The summed E-state index contributed by atoms with van der Waals surface area (Å²) in [7, 11) is 0. The Morgan fingerprint density at radius 2 is 2.38 bits per heavy atom. The van der Waals surface area contributed by atoms with Gasteiger partial charge in [0.15, 0.2) is 0 Å². The molecule has 0 aromatic rings. The minimum absolute atomic E-state index is 0.176. The van der Waals surface area contributed by atoms with Crippen molar-refractivity contribution >= 4 is 0 Å². The molecule has 0 bridgehead atoms. The highest BCUT2D eigenvalue weighted by Gasteiger charge is 2.10. The molecular formula is C6H11NO. The summed E-state index contributed by atoms with van der Waals surface area (Å²) in [6.45, 7) is 0. The molecule has 0 amide bonds. The molecule has 1 aliphatic rings. The van der Waals surface area contributed by atoms with Crippen molar-refractivity contribution in [2.24, 2.45) is 5.73 Å². The van der Waals surface area contributed by atoms with E-state index in [1.54, 1.807) is 6.08 Å². The van der Waals surface area contributed by atoms with Crippen LogP contribution in [0, 0.1) is 0 Å². The van der Waals surface area contributed by atoms with Crippen molar-refractivity contribution in [3.8, 4) is 0 Å². The maximum Gasteiger partial charge on any atom is 0.0735 e. The second-order valence-corrected chi connectivity index (χ2v) is 2.23. The molecule has 0 saturated heterocycles. The van der Waals surface area contributed by atoms with Gasteiger partial charge in [0, 0.05) is 6.04 Å². The highest BCUT2D eigenvalue weighted by Crippen LogP contribution is 2.08. The topological polar surface area (TPSA) is 46.2 Å². The minimum atomic E-state index is -0.293. The van der Waals surface area contributed by atoms with Gasteiger partial charge in [0.25, 0.3) is 0 Å². The van der Waals surface area contributed by atoms with E-state index in [2.05, 4.69) is 0 Å². The van der Waals surface area contributed by atoms with Crippen LogP contribution in [0.2, 0.25) is 0 Å². The van der Waals surface area contributed by atoms with Crippen LogP contribution in [0.5, 0.6) is 0 Å². The first-order chi connectivity index (χ1) is 3.79. The molecule has 0 aromatic carbocycles. The van der Waals surface area contributed by atoms with Crippen molar-refractivity contribution in [1.82, 2.24) is 0 Å². The fourth-order valence-electron chi connectivity index (χ4n) is 0.895. The van der Waals surface area contributed by atoms with E-state index in [1.807, 2.05) is 6.08 Å². The Kier molecular flexibility index (Phi) is 1.65. The summed E-state index contributed by atoms with van der Waals surface area (Å²) in [5, 5.41) is 8.91. The lowest BCUT2D eigenvalue weighted by atomic mass is 10.0. The summed E-state index contributed by atoms with van der Waals surface area (Å²) in [4.78, 5) is 0. The third-order valence-electron chi connectivity index (χ3n) is 1.34. The average Bonchev–Trinajstić information content (AvgIpc) is 1.64. The van der Waals surface area contributed by atoms with Gasteiger partial charge in [-0.15, -0.1) is 0 Å². The Morgan fingerprint density at radius 1 is 1.62 bits per heavy atom. The van der Waals surface area contributed by atoms with Crippen LogP contribution in [0.1, 0.15) is 12.8 Å². The van der Waals surface area contributed by atoms with Crippen molar-refractivity contribution in [3.05, 3.63) is 12.2 Å². The van der Waals surface area contributed by atoms with Crippen LogP contribution < -0.4 is 5.73 Å². The van der Waals surface area contributed by atoms with Gasteiger partial charge in [0.05, 0.1) is 6.10 Å². The van der Waals surface area contributed by atoms with E-state index in [-0.39, 0.29) is 12.1 Å². The molecule has 0 spiro atoms. The van der Waals surface area contributed by atoms with E-state index in [9.17, 15) is 0 Å². The molecule has 0 aromatic heterocycles. The fourth-order valence-corrected chi connectivity index (χ4v) is 0.895. The third-order valence-corrected chi connectivity index (χ3v) is 1.34. The monoisotopic (exact) mass is 113 g/mol. The molecule has 3 N–H and O–H groups in total. The number of nitrogens with two attached hydrogens (primary N) is 1. The molecule has 8 heavy (non-hydrogen) atoms. The smallest absolute Gasteiger partial charge is 0.0735 e. The molecule has 2 heteroatoms. The summed E-state index contributed by atoms with van der Waals surface area (Å²) >= 11 is 0. The molecule has 1 rings (SSSR count). The zero-order valence-electron chi connectivity index (χ0n) is 4.75. The Labute approximate surface area is 49.0 Å². The highest BCUT2D eigenvalue weighted by molar-refractivity contribution is 4.97. The van der Waals surface area contributed by atoms with Crippen LogP contribution in [0.4, 0.5) is 0 Å². The first-order valence-corrected chi connectivity index (χ1v) is 2.89. The van der Waals surface area contributed by atoms with Crippen LogP contribution in [0.25, 0.3) is 0 Å². The summed E-state index contributed by atoms with van der Waals surface area (Å²) in [6.07, 6.45) is 5.06. The molecule has 0 fully saturated rings. The number of rotatable bonds is 0. The summed E-state index contributed by atoms with van der Waals surface area (Å²) in [6, 6.07) is 0.176. The van der Waals surface area contributed by atoms with Gasteiger partial charge in [0.1, 0.15) is 0 Å². The van der Waals surface area contributed by atoms with E-state index in [1.165, 1.54) is 0 Å². The zero-order chi connectivity index (χ0) is 5.98. The number of hydrogen-bond acceptors (Lipinski definition) is 2. The predicted molar refractivity (Wildman–Crippen MR) is 32.4 cm³/mol. The lowest BCUT2D eigenvalue weighted by molar-refractivity contribution is 0.196. The van der Waals surface area contributed by atoms with Crippen molar-refractivity contribution in [2.45, 2.75) is 25.0 Å². The Bertz CT molecular complexity index is 101. The van der Waals surface area contributed by atoms with Crippen LogP contribution in [0.15, 0.2) is 12.2 Å². The Hall–Kier alpha value is -0.340. The van der Waals surface area contributed by atoms with Crippen LogP contribution >= 0.6 is 0 Å². The fraction of sp³-hybridized carbons (Fsp3) is 0.667. The van der Waals surface area contributed by atoms with Crippen LogP contribution in [-0.2, 0) is 0 Å². The van der Waals surface area contributed by atoms with Crippen molar-refractivity contribution in [3.63, 3.8) is 0 Å². The van der Waals surface area contributed by atoms with Crippen LogP contribution in [0.3, 0.4) is 0 Å². The maximum absolute atomic E-state index is 8.91. The Morgan fingerprint density at radius 3 is 2.75 bits per heavy atom. The first-order valence-electron chi connectivity index (χ1n) is 2.89. The third kappa shape index (κ3) is 1.32. The van der Waals surface area contributed by atoms with Gasteiger partial charge >= 0.3 is 0 Å². The molecule has 0 heterocycles. The molecule has 0 aliphatic heterocycles. The van der Waals surface area contributed by atoms with Gasteiger partial charge < -0.3 is 10.8 Å². The van der Waals surface area contributed by atoms with Crippen molar-refractivity contribution in [1.29, 1.82) is 0 Å². The Balaban J connectivity index is 2.42. The summed E-state index contributed by atoms with van der Waals surface area (Å²) < 4.78 is 0. The number of aliphatic hydroxyl groups excluding tert-OH is 1. The second-order valence-electron chi connectivity index (χ2n) is 2.23. The average molecular weight is 113 g/mol. The van der Waals surface area contributed by atoms with Gasteiger partial charge in [-0.1, -0.05) is 12.2 Å². The summed E-state index contributed by atoms with van der Waals surface area (Å²) in [5.41, 5.74) is 5.51. The largest absolute Gasteiger partial charge is 0.389 e. The maximum atomic E-state index is 8.91. The predicted octanol–water partition coefficient (Wildman–Crippen LogP) is 0.0246. The lowest BCUT2D eigenvalue weighted by Crippen LogP contribution is -2.27. The first kappa shape index (κ1) is 5.79. The molecular weight excluding hydrogens is 102 g/mol. The van der Waals surface area contributed by atoms with E-state index in [0.29, 0.717) is 0 Å². The number of aliphatic hydroxyl groups is 1. The van der Waals surface area contributed by atoms with Crippen molar-refractivity contribution in [2.75, 3.05) is 0 Å². The molecule has 0 unspecified atom stereocenters. The summed E-state index contributed by atoms with van der Waals surface area (Å²) in [5.74, 6) is 0. The van der Waals surface area contributed by atoms with E-state index in [4.69, 9.17) is 10.8 Å². The van der Waals surface area contributed by atoms with Gasteiger partial charge in [-0.25, -0.2) is 0 Å². The second kappa shape index (κ2) is 2.29. The van der Waals surface area contributed by atoms with E-state index >= 15 is 0 Å². The quantitative estimate of drug-likeness (QED) is 0.435. The minimum Gasteiger partial charge on any atom is -0.389 e. The standard InChI is InChI=1S/C6H11NO/c7-5-2-1-3-6(8)4-5/h1,3,5-6,8H,2,4,7H2/t5-,6+/m0/s1. The molecule has 2 nitrogen and oxygen atoms in total. The highest BCUT2D eigenvalue weighted by atomic mass is 16.3. The van der Waals surface area contributed by atoms with Crippen molar-refractivity contribution < 1.29 is 5.11 Å². The number of hydrogen-bond donors (Lipinski definition) is 2. The molecule has 46 valence electrons. The molecule has 2 atom stereocenters. The lowest BCUT2D eigenvalue weighted by Gasteiger charge is -2.16. The molecule has 1 aliphatic carbocycles. The van der Waals surface area contributed by atoms with Gasteiger partial charge in [-0.2, -0.15) is 0 Å². The van der Waals surface area contributed by atoms with E-state index < -0.39 is 0 Å². The van der Waals surface area contributed by atoms with Gasteiger partial charge in [0.2, 0.25) is 0 Å². The SMILES string of the molecule is N[C@H]1CC=C[C@@H](O)C1. The van der Waals surface area contributed by atoms with E-state index in [0.717, 1.165) is 12.8 Å².